The molecule has 0 aliphatic rings. The number of ether oxygens (including phenoxy) is 2. The molecule has 1 rings (SSSR count). The first-order valence-electron chi connectivity index (χ1n) is 7.57. The average molecular weight is 339 g/mol. The lowest BCUT2D eigenvalue weighted by molar-refractivity contribution is 0.0428. The van der Waals surface area contributed by atoms with Crippen LogP contribution in [0.1, 0.15) is 60.4 Å². The lowest BCUT2D eigenvalue weighted by Crippen LogP contribution is -2.44. The molecular weight excluding hydrogens is 314 g/mol. The van der Waals surface area contributed by atoms with Crippen molar-refractivity contribution < 1.29 is 24.2 Å². The molecule has 8 nitrogen and oxygen atoms in total. The Kier molecular flexibility index (Phi) is 5.89. The summed E-state index contributed by atoms with van der Waals surface area (Å²) in [7, 11) is 0. The van der Waals surface area contributed by atoms with Crippen molar-refractivity contribution in [3.05, 3.63) is 18.1 Å². The molecule has 0 radical (unpaired) electrons. The van der Waals surface area contributed by atoms with Crippen LogP contribution in [0.5, 0.6) is 0 Å². The first kappa shape index (κ1) is 19.8. The maximum absolute atomic E-state index is 12.4. The van der Waals surface area contributed by atoms with Crippen molar-refractivity contribution in [2.75, 3.05) is 4.90 Å². The molecule has 1 unspecified atom stereocenters. The van der Waals surface area contributed by atoms with Crippen molar-refractivity contribution in [1.29, 1.82) is 0 Å². The third kappa shape index (κ3) is 6.11. The first-order chi connectivity index (χ1) is 10.8. The second kappa shape index (κ2) is 7.12. The molecule has 1 atom stereocenters. The van der Waals surface area contributed by atoms with Gasteiger partial charge in [-0.05, 0) is 48.5 Å². The van der Waals surface area contributed by atoms with E-state index in [9.17, 15) is 14.7 Å². The fourth-order valence-corrected chi connectivity index (χ4v) is 1.57. The van der Waals surface area contributed by atoms with Crippen molar-refractivity contribution in [3.8, 4) is 0 Å². The Labute approximate surface area is 141 Å². The van der Waals surface area contributed by atoms with E-state index in [2.05, 4.69) is 9.97 Å². The number of hydrogen-bond donors (Lipinski definition) is 1. The summed E-state index contributed by atoms with van der Waals surface area (Å²) in [4.78, 5) is 33.5. The molecular formula is C16H25N3O5. The monoisotopic (exact) mass is 339 g/mol. The van der Waals surface area contributed by atoms with Gasteiger partial charge >= 0.3 is 12.2 Å². The molecule has 24 heavy (non-hydrogen) atoms. The van der Waals surface area contributed by atoms with E-state index in [0.717, 1.165) is 0 Å². The normalized spacial score (nSPS) is 13.2. The zero-order valence-electron chi connectivity index (χ0n) is 15.2. The van der Waals surface area contributed by atoms with Crippen LogP contribution in [0.15, 0.2) is 12.3 Å². The van der Waals surface area contributed by atoms with Crippen molar-refractivity contribution in [2.45, 2.75) is 65.8 Å². The Morgan fingerprint density at radius 3 is 1.92 bits per heavy atom. The lowest BCUT2D eigenvalue weighted by atomic mass is 10.2. The molecule has 1 aromatic rings. The van der Waals surface area contributed by atoms with Gasteiger partial charge in [0.2, 0.25) is 0 Å². The summed E-state index contributed by atoms with van der Waals surface area (Å²) in [5.41, 5.74) is -1.62. The van der Waals surface area contributed by atoms with Crippen molar-refractivity contribution >= 4 is 18.0 Å². The standard InChI is InChI=1S/C16H25N3O5/c1-10(20)12-17-9-8-11(18-12)19(13(21)23-15(2,3)4)14(22)24-16(5,6)7/h8-10,20H,1-7H3. The van der Waals surface area contributed by atoms with Crippen LogP contribution in [0.4, 0.5) is 15.4 Å². The summed E-state index contributed by atoms with van der Waals surface area (Å²) in [5, 5.41) is 9.60. The number of rotatable bonds is 2. The van der Waals surface area contributed by atoms with E-state index in [1.165, 1.54) is 19.2 Å². The summed E-state index contributed by atoms with van der Waals surface area (Å²) in [5.74, 6) is 0.0361. The Morgan fingerprint density at radius 1 is 1.08 bits per heavy atom. The number of aliphatic hydroxyl groups is 1. The fourth-order valence-electron chi connectivity index (χ4n) is 1.57. The molecule has 1 N–H and O–H groups in total. The van der Waals surface area contributed by atoms with Crippen molar-refractivity contribution in [1.82, 2.24) is 9.97 Å². The SMILES string of the molecule is CC(O)c1nccc(N(C(=O)OC(C)(C)C)C(=O)OC(C)(C)C)n1. The highest BCUT2D eigenvalue weighted by atomic mass is 16.6. The molecule has 0 aliphatic heterocycles. The number of anilines is 1. The van der Waals surface area contributed by atoms with Gasteiger partial charge in [-0.3, -0.25) is 0 Å². The third-order valence-corrected chi connectivity index (χ3v) is 2.41. The predicted octanol–water partition coefficient (Wildman–Crippen LogP) is 3.21. The van der Waals surface area contributed by atoms with Crippen LogP contribution in [0.25, 0.3) is 0 Å². The third-order valence-electron chi connectivity index (χ3n) is 2.41. The van der Waals surface area contributed by atoms with Gasteiger partial charge in [0.25, 0.3) is 0 Å². The Balaban J connectivity index is 3.25. The maximum atomic E-state index is 12.4. The Morgan fingerprint density at radius 2 is 1.54 bits per heavy atom. The number of amides is 2. The van der Waals surface area contributed by atoms with E-state index in [1.54, 1.807) is 41.5 Å². The van der Waals surface area contributed by atoms with Gasteiger partial charge in [-0.2, -0.15) is 4.90 Å². The molecule has 0 saturated carbocycles. The average Bonchev–Trinajstić information content (AvgIpc) is 2.34. The number of aliphatic hydroxyl groups excluding tert-OH is 1. The molecule has 0 spiro atoms. The van der Waals surface area contributed by atoms with E-state index in [0.29, 0.717) is 4.90 Å². The van der Waals surface area contributed by atoms with E-state index in [-0.39, 0.29) is 11.6 Å². The molecule has 1 heterocycles. The van der Waals surface area contributed by atoms with Crippen LogP contribution >= 0.6 is 0 Å². The number of aromatic nitrogens is 2. The smallest absolute Gasteiger partial charge is 0.425 e. The number of imide groups is 1. The topological polar surface area (TPSA) is 102 Å². The van der Waals surface area contributed by atoms with E-state index >= 15 is 0 Å². The first-order valence-corrected chi connectivity index (χ1v) is 7.57. The second-order valence-electron chi connectivity index (χ2n) is 7.25. The molecule has 8 heteroatoms. The summed E-state index contributed by atoms with van der Waals surface area (Å²) in [6, 6.07) is 1.36. The maximum Gasteiger partial charge on any atom is 0.425 e. The van der Waals surface area contributed by atoms with E-state index in [1.807, 2.05) is 0 Å². The molecule has 1 aromatic heterocycles. The molecule has 2 amide bonds. The van der Waals surface area contributed by atoms with Gasteiger partial charge in [-0.25, -0.2) is 19.6 Å². The van der Waals surface area contributed by atoms with Crippen LogP contribution in [-0.2, 0) is 9.47 Å². The van der Waals surface area contributed by atoms with Crippen LogP contribution in [-0.4, -0.2) is 38.5 Å². The van der Waals surface area contributed by atoms with Gasteiger partial charge in [0.15, 0.2) is 11.6 Å². The molecule has 0 saturated heterocycles. The van der Waals surface area contributed by atoms with Crippen molar-refractivity contribution in [3.63, 3.8) is 0 Å². The van der Waals surface area contributed by atoms with Crippen LogP contribution in [0.2, 0.25) is 0 Å². The van der Waals surface area contributed by atoms with Crippen LogP contribution in [0, 0.1) is 0 Å². The minimum atomic E-state index is -0.955. The molecule has 0 aromatic carbocycles. The molecule has 0 fully saturated rings. The zero-order chi connectivity index (χ0) is 18.7. The highest BCUT2D eigenvalue weighted by Crippen LogP contribution is 2.21. The second-order valence-corrected chi connectivity index (χ2v) is 7.25. The van der Waals surface area contributed by atoms with Gasteiger partial charge in [-0.15, -0.1) is 0 Å². The minimum Gasteiger partial charge on any atom is -0.443 e. The van der Waals surface area contributed by atoms with Gasteiger partial charge in [0.05, 0.1) is 0 Å². The Hall–Kier alpha value is -2.22. The summed E-state index contributed by atoms with van der Waals surface area (Å²) < 4.78 is 10.5. The molecule has 134 valence electrons. The number of carbonyl (C=O) groups is 2. The number of nitrogens with zero attached hydrogens (tertiary/aromatic N) is 3. The largest absolute Gasteiger partial charge is 0.443 e. The van der Waals surface area contributed by atoms with Gasteiger partial charge in [-0.1, -0.05) is 0 Å². The quantitative estimate of drug-likeness (QED) is 0.882. The van der Waals surface area contributed by atoms with Crippen molar-refractivity contribution in [2.24, 2.45) is 0 Å². The van der Waals surface area contributed by atoms with Gasteiger partial charge < -0.3 is 14.6 Å². The highest BCUT2D eigenvalue weighted by molar-refractivity contribution is 6.08. The van der Waals surface area contributed by atoms with E-state index in [4.69, 9.17) is 9.47 Å². The summed E-state index contributed by atoms with van der Waals surface area (Å²) >= 11 is 0. The van der Waals surface area contributed by atoms with Gasteiger partial charge in [0, 0.05) is 12.3 Å². The van der Waals surface area contributed by atoms with Crippen LogP contribution in [0.3, 0.4) is 0 Å². The van der Waals surface area contributed by atoms with E-state index < -0.39 is 29.5 Å². The summed E-state index contributed by atoms with van der Waals surface area (Å²) in [6.07, 6.45) is -1.46. The zero-order valence-corrected chi connectivity index (χ0v) is 15.2. The number of carbonyl (C=O) groups excluding carboxylic acids is 2. The van der Waals surface area contributed by atoms with Crippen LogP contribution < -0.4 is 4.90 Å². The number of hydrogen-bond acceptors (Lipinski definition) is 7. The summed E-state index contributed by atoms with van der Waals surface area (Å²) in [6.45, 7) is 11.6. The highest BCUT2D eigenvalue weighted by Gasteiger charge is 2.33. The predicted molar refractivity (Wildman–Crippen MR) is 87.6 cm³/mol. The minimum absolute atomic E-state index is 0.0376. The molecule has 0 bridgehead atoms. The fraction of sp³-hybridized carbons (Fsp3) is 0.625. The lowest BCUT2D eigenvalue weighted by Gasteiger charge is -2.28. The van der Waals surface area contributed by atoms with Gasteiger partial charge in [0.1, 0.15) is 17.3 Å². The Bertz CT molecular complexity index is 574. The molecule has 0 aliphatic carbocycles.